The average molecular weight is 391 g/mol. The Morgan fingerprint density at radius 2 is 2.07 bits per heavy atom. The van der Waals surface area contributed by atoms with E-state index in [0.717, 1.165) is 31.4 Å². The number of rotatable bonds is 7. The molecule has 2 N–H and O–H groups in total. The minimum Gasteiger partial charge on any atom is -0.385 e. The molecule has 7 nitrogen and oxygen atoms in total. The van der Waals surface area contributed by atoms with Gasteiger partial charge in [0.15, 0.2) is 5.82 Å². The molecule has 2 amide bonds. The van der Waals surface area contributed by atoms with Crippen LogP contribution in [0.15, 0.2) is 24.3 Å². The molecule has 0 fully saturated rings. The van der Waals surface area contributed by atoms with E-state index in [1.54, 1.807) is 31.4 Å². The number of nitrogens with one attached hydrogen (secondary N) is 2. The summed E-state index contributed by atoms with van der Waals surface area (Å²) in [5, 5.41) is 6.08. The SMILES string of the molecule is COCCCNC(=O)c1nc(C(=O)Nc2ccccc2Cl)n2c1CCCC2. The lowest BCUT2D eigenvalue weighted by atomic mass is 10.1. The van der Waals surface area contributed by atoms with Gasteiger partial charge in [0.25, 0.3) is 11.8 Å². The fraction of sp³-hybridized carbons (Fsp3) is 0.421. The molecular weight excluding hydrogens is 368 g/mol. The van der Waals surface area contributed by atoms with E-state index in [4.69, 9.17) is 16.3 Å². The van der Waals surface area contributed by atoms with Crippen LogP contribution in [-0.2, 0) is 17.7 Å². The number of anilines is 1. The van der Waals surface area contributed by atoms with E-state index in [1.807, 2.05) is 4.57 Å². The normalized spacial score (nSPS) is 13.1. The Hall–Kier alpha value is -2.38. The minimum atomic E-state index is -0.371. The Morgan fingerprint density at radius 3 is 2.85 bits per heavy atom. The third-order valence-electron chi connectivity index (χ3n) is 4.47. The Balaban J connectivity index is 1.81. The van der Waals surface area contributed by atoms with Crippen molar-refractivity contribution < 1.29 is 14.3 Å². The monoisotopic (exact) mass is 390 g/mol. The molecule has 1 aliphatic rings. The molecule has 27 heavy (non-hydrogen) atoms. The summed E-state index contributed by atoms with van der Waals surface area (Å²) in [6.45, 7) is 1.75. The molecule has 0 spiro atoms. The number of nitrogens with zero attached hydrogens (tertiary/aromatic N) is 2. The van der Waals surface area contributed by atoms with Crippen LogP contribution in [-0.4, -0.2) is 41.6 Å². The third kappa shape index (κ3) is 4.48. The standard InChI is InChI=1S/C19H23ClN4O3/c1-27-12-6-10-21-18(25)16-15-9-4-5-11-24(15)17(23-16)19(26)22-14-8-3-2-7-13(14)20/h2-3,7-8H,4-6,9-12H2,1H3,(H,21,25)(H,22,26). The zero-order valence-corrected chi connectivity index (χ0v) is 16.0. The van der Waals surface area contributed by atoms with Crippen molar-refractivity contribution in [3.8, 4) is 0 Å². The van der Waals surface area contributed by atoms with Crippen molar-refractivity contribution in [1.29, 1.82) is 0 Å². The number of fused-ring (bicyclic) bond motifs is 1. The number of hydrogen-bond donors (Lipinski definition) is 2. The minimum absolute atomic E-state index is 0.242. The van der Waals surface area contributed by atoms with Crippen molar-refractivity contribution >= 4 is 29.1 Å². The highest BCUT2D eigenvalue weighted by Crippen LogP contribution is 2.24. The molecule has 0 unspecified atom stereocenters. The lowest BCUT2D eigenvalue weighted by molar-refractivity contribution is 0.0942. The zero-order valence-electron chi connectivity index (χ0n) is 15.3. The maximum atomic E-state index is 12.8. The third-order valence-corrected chi connectivity index (χ3v) is 4.80. The summed E-state index contributed by atoms with van der Waals surface area (Å²) in [4.78, 5) is 29.7. The maximum absolute atomic E-state index is 12.8. The van der Waals surface area contributed by atoms with Gasteiger partial charge >= 0.3 is 0 Å². The molecule has 0 saturated carbocycles. The number of para-hydroxylation sites is 1. The largest absolute Gasteiger partial charge is 0.385 e. The summed E-state index contributed by atoms with van der Waals surface area (Å²) in [5.74, 6) is -0.384. The smallest absolute Gasteiger partial charge is 0.291 e. The number of aromatic nitrogens is 2. The van der Waals surface area contributed by atoms with Crippen LogP contribution < -0.4 is 10.6 Å². The van der Waals surface area contributed by atoms with Crippen LogP contribution in [0.3, 0.4) is 0 Å². The molecule has 8 heteroatoms. The van der Waals surface area contributed by atoms with E-state index in [-0.39, 0.29) is 17.6 Å². The van der Waals surface area contributed by atoms with Crippen LogP contribution in [0.25, 0.3) is 0 Å². The number of halogens is 1. The molecule has 0 atom stereocenters. The zero-order chi connectivity index (χ0) is 19.2. The van der Waals surface area contributed by atoms with Crippen LogP contribution in [0, 0.1) is 0 Å². The second-order valence-corrected chi connectivity index (χ2v) is 6.78. The van der Waals surface area contributed by atoms with Gasteiger partial charge in [-0.25, -0.2) is 4.98 Å². The van der Waals surface area contributed by atoms with E-state index in [0.29, 0.717) is 36.1 Å². The topological polar surface area (TPSA) is 85.2 Å². The summed E-state index contributed by atoms with van der Waals surface area (Å²) < 4.78 is 6.83. The second-order valence-electron chi connectivity index (χ2n) is 6.38. The van der Waals surface area contributed by atoms with Crippen molar-refractivity contribution in [2.24, 2.45) is 0 Å². The molecular formula is C19H23ClN4O3. The first-order chi connectivity index (χ1) is 13.1. The Kier molecular flexibility index (Phi) is 6.47. The van der Waals surface area contributed by atoms with Gasteiger partial charge in [-0.1, -0.05) is 23.7 Å². The molecule has 2 aromatic rings. The molecule has 0 bridgehead atoms. The van der Waals surface area contributed by atoms with Crippen LogP contribution in [0.5, 0.6) is 0 Å². The number of amides is 2. The van der Waals surface area contributed by atoms with E-state index in [1.165, 1.54) is 0 Å². The number of imidazole rings is 1. The van der Waals surface area contributed by atoms with E-state index < -0.39 is 0 Å². The summed E-state index contributed by atoms with van der Waals surface area (Å²) >= 11 is 6.12. The number of ether oxygens (including phenoxy) is 1. The Bertz CT molecular complexity index is 834. The molecule has 0 saturated heterocycles. The highest BCUT2D eigenvalue weighted by atomic mass is 35.5. The van der Waals surface area contributed by atoms with Gasteiger partial charge in [-0.2, -0.15) is 0 Å². The second kappa shape index (κ2) is 9.01. The van der Waals surface area contributed by atoms with Crippen LogP contribution in [0.2, 0.25) is 5.02 Å². The van der Waals surface area contributed by atoms with Crippen LogP contribution in [0.4, 0.5) is 5.69 Å². The fourth-order valence-electron chi connectivity index (χ4n) is 3.14. The van der Waals surface area contributed by atoms with Gasteiger partial charge in [-0.3, -0.25) is 9.59 Å². The first-order valence-corrected chi connectivity index (χ1v) is 9.42. The highest BCUT2D eigenvalue weighted by molar-refractivity contribution is 6.33. The van der Waals surface area contributed by atoms with Crippen molar-refractivity contribution in [3.05, 3.63) is 46.5 Å². The maximum Gasteiger partial charge on any atom is 0.291 e. The van der Waals surface area contributed by atoms with E-state index >= 15 is 0 Å². The molecule has 1 aliphatic heterocycles. The molecule has 0 aliphatic carbocycles. The van der Waals surface area contributed by atoms with Crippen LogP contribution in [0.1, 0.15) is 46.1 Å². The Labute approximate surface area is 163 Å². The van der Waals surface area contributed by atoms with Crippen molar-refractivity contribution in [1.82, 2.24) is 14.9 Å². The Morgan fingerprint density at radius 1 is 1.26 bits per heavy atom. The quantitative estimate of drug-likeness (QED) is 0.712. The number of carbonyl (C=O) groups is 2. The molecule has 2 heterocycles. The number of hydrogen-bond acceptors (Lipinski definition) is 4. The van der Waals surface area contributed by atoms with Gasteiger partial charge in [-0.05, 0) is 37.8 Å². The van der Waals surface area contributed by atoms with E-state index in [9.17, 15) is 9.59 Å². The van der Waals surface area contributed by atoms with Gasteiger partial charge in [0.1, 0.15) is 5.69 Å². The highest BCUT2D eigenvalue weighted by Gasteiger charge is 2.27. The molecule has 1 aromatic heterocycles. The predicted molar refractivity (Wildman–Crippen MR) is 103 cm³/mol. The summed E-state index contributed by atoms with van der Waals surface area (Å²) in [6.07, 6.45) is 3.37. The number of carbonyl (C=O) groups excluding carboxylic acids is 2. The first-order valence-electron chi connectivity index (χ1n) is 9.04. The van der Waals surface area contributed by atoms with Gasteiger partial charge < -0.3 is 19.9 Å². The van der Waals surface area contributed by atoms with Crippen molar-refractivity contribution in [2.45, 2.75) is 32.2 Å². The van der Waals surface area contributed by atoms with Gasteiger partial charge in [-0.15, -0.1) is 0 Å². The predicted octanol–water partition coefficient (Wildman–Crippen LogP) is 2.89. The van der Waals surface area contributed by atoms with Crippen LogP contribution >= 0.6 is 11.6 Å². The lowest BCUT2D eigenvalue weighted by Crippen LogP contribution is -2.27. The van der Waals surface area contributed by atoms with Gasteiger partial charge in [0.05, 0.1) is 16.4 Å². The van der Waals surface area contributed by atoms with Crippen molar-refractivity contribution in [3.63, 3.8) is 0 Å². The van der Waals surface area contributed by atoms with Gasteiger partial charge in [0, 0.05) is 26.8 Å². The molecule has 0 radical (unpaired) electrons. The van der Waals surface area contributed by atoms with E-state index in [2.05, 4.69) is 15.6 Å². The average Bonchev–Trinajstić information content (AvgIpc) is 3.07. The summed E-state index contributed by atoms with van der Waals surface area (Å²) in [7, 11) is 1.62. The molecule has 144 valence electrons. The summed E-state index contributed by atoms with van der Waals surface area (Å²) in [5.41, 5.74) is 1.66. The number of benzene rings is 1. The van der Waals surface area contributed by atoms with Crippen molar-refractivity contribution in [2.75, 3.05) is 25.6 Å². The lowest BCUT2D eigenvalue weighted by Gasteiger charge is -2.17. The summed E-state index contributed by atoms with van der Waals surface area (Å²) in [6, 6.07) is 7.02. The first kappa shape index (κ1) is 19.4. The molecule has 3 rings (SSSR count). The van der Waals surface area contributed by atoms with Gasteiger partial charge in [0.2, 0.25) is 0 Å². The molecule has 1 aromatic carbocycles. The number of methoxy groups -OCH3 is 1. The fourth-order valence-corrected chi connectivity index (χ4v) is 3.32.